The van der Waals surface area contributed by atoms with E-state index < -0.39 is 5.97 Å². The van der Waals surface area contributed by atoms with Gasteiger partial charge in [0.2, 0.25) is 0 Å². The molecule has 1 aliphatic heterocycles. The maximum absolute atomic E-state index is 10.7. The third kappa shape index (κ3) is 1.03. The number of hydrogen-bond donors (Lipinski definition) is 2. The average Bonchev–Trinajstić information content (AvgIpc) is 2.41. The summed E-state index contributed by atoms with van der Waals surface area (Å²) in [5.74, 6) is 0.406. The average molecular weight is 155 g/mol. The summed E-state index contributed by atoms with van der Waals surface area (Å²) >= 11 is 0. The molecule has 0 aromatic carbocycles. The molecule has 1 heterocycles. The van der Waals surface area contributed by atoms with E-state index in [1.54, 1.807) is 0 Å². The summed E-state index contributed by atoms with van der Waals surface area (Å²) in [6.07, 6.45) is 3.55. The largest absolute Gasteiger partial charge is 0.480 e. The van der Waals surface area contributed by atoms with Crippen LogP contribution in [0.4, 0.5) is 0 Å². The molecule has 1 saturated carbocycles. The van der Waals surface area contributed by atoms with Crippen LogP contribution < -0.4 is 5.32 Å². The van der Waals surface area contributed by atoms with Crippen molar-refractivity contribution in [2.24, 2.45) is 11.8 Å². The quantitative estimate of drug-likeness (QED) is 0.578. The predicted molar refractivity (Wildman–Crippen MR) is 40.3 cm³/mol. The number of carbonyl (C=O) groups is 1. The van der Waals surface area contributed by atoms with Gasteiger partial charge in [0.15, 0.2) is 0 Å². The smallest absolute Gasteiger partial charge is 0.320 e. The molecule has 2 fully saturated rings. The van der Waals surface area contributed by atoms with Gasteiger partial charge < -0.3 is 10.4 Å². The van der Waals surface area contributed by atoms with Crippen molar-refractivity contribution < 1.29 is 9.90 Å². The van der Waals surface area contributed by atoms with Gasteiger partial charge in [0.25, 0.3) is 0 Å². The first-order valence-electron chi connectivity index (χ1n) is 4.25. The molecule has 0 bridgehead atoms. The number of rotatable bonds is 1. The number of fused-ring (bicyclic) bond motifs is 1. The van der Waals surface area contributed by atoms with E-state index in [9.17, 15) is 4.79 Å². The van der Waals surface area contributed by atoms with Crippen LogP contribution in [0, 0.1) is 11.8 Å². The molecule has 1 aliphatic carbocycles. The van der Waals surface area contributed by atoms with Gasteiger partial charge in [-0.2, -0.15) is 0 Å². The van der Waals surface area contributed by atoms with Gasteiger partial charge in [-0.05, 0) is 31.2 Å². The maximum Gasteiger partial charge on any atom is 0.320 e. The van der Waals surface area contributed by atoms with E-state index in [4.69, 9.17) is 5.11 Å². The Balaban J connectivity index is 2.08. The second-order valence-corrected chi connectivity index (χ2v) is 3.58. The van der Waals surface area contributed by atoms with Crippen molar-refractivity contribution in [3.8, 4) is 0 Å². The molecule has 3 heteroatoms. The Kier molecular flexibility index (Phi) is 1.60. The molecule has 0 unspecified atom stereocenters. The Bertz CT molecular complexity index is 181. The van der Waals surface area contributed by atoms with Crippen molar-refractivity contribution in [2.45, 2.75) is 25.3 Å². The molecule has 0 amide bonds. The lowest BCUT2D eigenvalue weighted by atomic mass is 9.94. The van der Waals surface area contributed by atoms with Crippen LogP contribution in [0.1, 0.15) is 19.3 Å². The highest BCUT2D eigenvalue weighted by molar-refractivity contribution is 5.74. The van der Waals surface area contributed by atoms with E-state index >= 15 is 0 Å². The molecule has 0 spiro atoms. The Morgan fingerprint density at radius 1 is 1.45 bits per heavy atom. The Labute approximate surface area is 65.8 Å². The molecule has 0 radical (unpaired) electrons. The zero-order valence-electron chi connectivity index (χ0n) is 6.42. The summed E-state index contributed by atoms with van der Waals surface area (Å²) in [6, 6.07) is -0.248. The van der Waals surface area contributed by atoms with Gasteiger partial charge in [-0.3, -0.25) is 4.79 Å². The molecule has 2 aliphatic rings. The molecule has 1 saturated heterocycles. The lowest BCUT2D eigenvalue weighted by Gasteiger charge is -2.12. The van der Waals surface area contributed by atoms with E-state index in [2.05, 4.69) is 5.32 Å². The Hall–Kier alpha value is -0.570. The summed E-state index contributed by atoms with van der Waals surface area (Å²) < 4.78 is 0. The molecule has 0 aromatic rings. The van der Waals surface area contributed by atoms with Gasteiger partial charge in [-0.25, -0.2) is 0 Å². The fraction of sp³-hybridized carbons (Fsp3) is 0.875. The molecular weight excluding hydrogens is 142 g/mol. The number of hydrogen-bond acceptors (Lipinski definition) is 2. The Morgan fingerprint density at radius 3 is 3.00 bits per heavy atom. The van der Waals surface area contributed by atoms with Crippen molar-refractivity contribution in [1.82, 2.24) is 5.32 Å². The monoisotopic (exact) mass is 155 g/mol. The van der Waals surface area contributed by atoms with Gasteiger partial charge in [0.1, 0.15) is 6.04 Å². The minimum Gasteiger partial charge on any atom is -0.480 e. The van der Waals surface area contributed by atoms with E-state index in [1.165, 1.54) is 12.8 Å². The van der Waals surface area contributed by atoms with Crippen LogP contribution in [0.2, 0.25) is 0 Å². The first kappa shape index (κ1) is 7.10. The minimum absolute atomic E-state index is 0.248. The molecule has 3 atom stereocenters. The molecule has 3 nitrogen and oxygen atoms in total. The van der Waals surface area contributed by atoms with Crippen LogP contribution in [-0.4, -0.2) is 23.7 Å². The van der Waals surface area contributed by atoms with Gasteiger partial charge in [-0.1, -0.05) is 6.42 Å². The van der Waals surface area contributed by atoms with E-state index in [0.717, 1.165) is 13.0 Å². The first-order chi connectivity index (χ1) is 5.29. The standard InChI is InChI=1S/C8H13NO2/c10-8(11)7-6-3-1-2-5(6)4-9-7/h5-7,9H,1-4H2,(H,10,11)/t5-,6-,7-/m0/s1. The third-order valence-corrected chi connectivity index (χ3v) is 3.01. The number of nitrogens with one attached hydrogen (secondary N) is 1. The Morgan fingerprint density at radius 2 is 2.27 bits per heavy atom. The summed E-state index contributed by atoms with van der Waals surface area (Å²) in [6.45, 7) is 0.918. The van der Waals surface area contributed by atoms with Crippen molar-refractivity contribution in [1.29, 1.82) is 0 Å². The maximum atomic E-state index is 10.7. The SMILES string of the molecule is O=C(O)[C@H]1NC[C@@H]2CCC[C@@H]21. The number of carboxylic acids is 1. The van der Waals surface area contributed by atoms with E-state index in [1.807, 2.05) is 0 Å². The van der Waals surface area contributed by atoms with E-state index in [0.29, 0.717) is 11.8 Å². The van der Waals surface area contributed by atoms with Gasteiger partial charge in [-0.15, -0.1) is 0 Å². The number of aliphatic carboxylic acids is 1. The lowest BCUT2D eigenvalue weighted by Crippen LogP contribution is -2.35. The molecule has 2 rings (SSSR count). The molecule has 2 N–H and O–H groups in total. The number of carboxylic acid groups (broad SMARTS) is 1. The molecular formula is C8H13NO2. The normalized spacial score (nSPS) is 42.4. The van der Waals surface area contributed by atoms with Gasteiger partial charge in [0.05, 0.1) is 0 Å². The lowest BCUT2D eigenvalue weighted by molar-refractivity contribution is -0.140. The summed E-state index contributed by atoms with van der Waals surface area (Å²) in [5.41, 5.74) is 0. The minimum atomic E-state index is -0.667. The topological polar surface area (TPSA) is 49.3 Å². The summed E-state index contributed by atoms with van der Waals surface area (Å²) in [4.78, 5) is 10.7. The van der Waals surface area contributed by atoms with Crippen LogP contribution >= 0.6 is 0 Å². The molecule has 0 aromatic heterocycles. The predicted octanol–water partition coefficient (Wildman–Crippen LogP) is 0.459. The zero-order chi connectivity index (χ0) is 7.84. The van der Waals surface area contributed by atoms with Crippen molar-refractivity contribution >= 4 is 5.97 Å². The van der Waals surface area contributed by atoms with Crippen LogP contribution in [0.25, 0.3) is 0 Å². The first-order valence-corrected chi connectivity index (χ1v) is 4.25. The highest BCUT2D eigenvalue weighted by atomic mass is 16.4. The van der Waals surface area contributed by atoms with Crippen molar-refractivity contribution in [3.63, 3.8) is 0 Å². The second-order valence-electron chi connectivity index (χ2n) is 3.58. The van der Waals surface area contributed by atoms with Crippen LogP contribution in [0.15, 0.2) is 0 Å². The molecule has 62 valence electrons. The summed E-state index contributed by atoms with van der Waals surface area (Å²) in [5, 5.41) is 11.9. The summed E-state index contributed by atoms with van der Waals surface area (Å²) in [7, 11) is 0. The van der Waals surface area contributed by atoms with Crippen LogP contribution in [0.5, 0.6) is 0 Å². The highest BCUT2D eigenvalue weighted by Crippen LogP contribution is 2.37. The fourth-order valence-corrected chi connectivity index (χ4v) is 2.46. The van der Waals surface area contributed by atoms with Crippen molar-refractivity contribution in [3.05, 3.63) is 0 Å². The van der Waals surface area contributed by atoms with Crippen LogP contribution in [-0.2, 0) is 4.79 Å². The molecule has 11 heavy (non-hydrogen) atoms. The van der Waals surface area contributed by atoms with Gasteiger partial charge in [0, 0.05) is 0 Å². The van der Waals surface area contributed by atoms with E-state index in [-0.39, 0.29) is 6.04 Å². The third-order valence-electron chi connectivity index (χ3n) is 3.01. The highest BCUT2D eigenvalue weighted by Gasteiger charge is 2.42. The zero-order valence-corrected chi connectivity index (χ0v) is 6.42. The van der Waals surface area contributed by atoms with Crippen LogP contribution in [0.3, 0.4) is 0 Å². The second kappa shape index (κ2) is 2.48. The van der Waals surface area contributed by atoms with Crippen molar-refractivity contribution in [2.75, 3.05) is 6.54 Å². The van der Waals surface area contributed by atoms with Gasteiger partial charge >= 0.3 is 5.97 Å². The fourth-order valence-electron chi connectivity index (χ4n) is 2.46.